The van der Waals surface area contributed by atoms with Crippen LogP contribution in [0.5, 0.6) is 5.75 Å². The number of carbonyl (C=O) groups is 2. The van der Waals surface area contributed by atoms with E-state index in [4.69, 9.17) is 4.74 Å². The summed E-state index contributed by atoms with van der Waals surface area (Å²) in [5, 5.41) is 3.11. The van der Waals surface area contributed by atoms with Crippen LogP contribution in [-0.4, -0.2) is 25.0 Å². The number of anilines is 2. The lowest BCUT2D eigenvalue weighted by atomic mass is 9.91. The van der Waals surface area contributed by atoms with Gasteiger partial charge in [-0.05, 0) is 66.0 Å². The molecule has 0 spiro atoms. The smallest absolute Gasteiger partial charge is 0.236 e. The van der Waals surface area contributed by atoms with Gasteiger partial charge >= 0.3 is 0 Å². The monoisotopic (exact) mass is 464 g/mol. The van der Waals surface area contributed by atoms with E-state index in [0.29, 0.717) is 0 Å². The summed E-state index contributed by atoms with van der Waals surface area (Å²) in [6.07, 6.45) is 4.74. The fourth-order valence-electron chi connectivity index (χ4n) is 4.92. The van der Waals surface area contributed by atoms with Crippen molar-refractivity contribution < 1.29 is 14.3 Å². The van der Waals surface area contributed by atoms with E-state index in [1.165, 1.54) is 0 Å². The minimum atomic E-state index is -0.255. The van der Waals surface area contributed by atoms with Crippen molar-refractivity contribution in [2.45, 2.75) is 91.0 Å². The first-order valence-electron chi connectivity index (χ1n) is 12.7. The molecule has 2 aromatic rings. The zero-order chi connectivity index (χ0) is 24.8. The lowest BCUT2D eigenvalue weighted by Crippen LogP contribution is -2.45. The molecule has 5 heteroatoms. The molecule has 5 nitrogen and oxygen atoms in total. The number of fused-ring (bicyclic) bond motifs is 1. The quantitative estimate of drug-likeness (QED) is 0.415. The summed E-state index contributed by atoms with van der Waals surface area (Å²) in [7, 11) is 1.66. The first-order valence-corrected chi connectivity index (χ1v) is 12.7. The van der Waals surface area contributed by atoms with Gasteiger partial charge in [-0.25, -0.2) is 0 Å². The Balaban J connectivity index is 1.86. The Morgan fingerprint density at radius 2 is 1.76 bits per heavy atom. The van der Waals surface area contributed by atoms with Crippen molar-refractivity contribution in [3.05, 3.63) is 53.1 Å². The first-order chi connectivity index (χ1) is 16.3. The van der Waals surface area contributed by atoms with Crippen LogP contribution in [0.3, 0.4) is 0 Å². The lowest BCUT2D eigenvalue weighted by Gasteiger charge is -2.37. The van der Waals surface area contributed by atoms with Crippen molar-refractivity contribution >= 4 is 23.2 Å². The number of nitrogens with zero attached hydrogens (tertiary/aromatic N) is 1. The summed E-state index contributed by atoms with van der Waals surface area (Å²) >= 11 is 0. The molecule has 34 heavy (non-hydrogen) atoms. The Hall–Kier alpha value is -2.82. The number of hydrogen-bond donors (Lipinski definition) is 1. The van der Waals surface area contributed by atoms with E-state index in [-0.39, 0.29) is 36.1 Å². The molecule has 0 aromatic heterocycles. The molecule has 0 aliphatic carbocycles. The van der Waals surface area contributed by atoms with Crippen LogP contribution in [0.1, 0.15) is 95.2 Å². The van der Waals surface area contributed by atoms with Gasteiger partial charge in [0.15, 0.2) is 0 Å². The highest BCUT2D eigenvalue weighted by molar-refractivity contribution is 6.10. The maximum atomic E-state index is 13.6. The Labute approximate surface area is 204 Å². The standard InChI is InChI=1S/C29H40N2O3/c1-7-8-10-22-14-13-21-17-23(34-6)15-16-26(21)31(22)28(33)18-27(32)30-29-24(19(2)3)11-9-12-25(29)20(4)5/h9,11-12,15-17,19-20,22H,7-8,10,13-14,18H2,1-6H3,(H,30,32). The zero-order valence-corrected chi connectivity index (χ0v) is 21.6. The number of aryl methyl sites for hydroxylation is 1. The largest absolute Gasteiger partial charge is 0.497 e. The van der Waals surface area contributed by atoms with Crippen LogP contribution >= 0.6 is 0 Å². The number of benzene rings is 2. The predicted molar refractivity (Wildman–Crippen MR) is 140 cm³/mol. The molecule has 1 unspecified atom stereocenters. The van der Waals surface area contributed by atoms with Crippen molar-refractivity contribution in [1.29, 1.82) is 0 Å². The molecule has 1 N–H and O–H groups in total. The number of methoxy groups -OCH3 is 1. The molecular formula is C29H40N2O3. The number of hydrogen-bond acceptors (Lipinski definition) is 3. The summed E-state index contributed by atoms with van der Waals surface area (Å²) in [6.45, 7) is 10.7. The molecule has 0 saturated carbocycles. The van der Waals surface area contributed by atoms with E-state index in [1.54, 1.807) is 7.11 Å². The normalized spacial score (nSPS) is 15.4. The molecule has 1 aliphatic rings. The van der Waals surface area contributed by atoms with Gasteiger partial charge in [-0.2, -0.15) is 0 Å². The van der Waals surface area contributed by atoms with Gasteiger partial charge in [0.05, 0.1) is 7.11 Å². The molecule has 1 heterocycles. The highest BCUT2D eigenvalue weighted by Gasteiger charge is 2.32. The average Bonchev–Trinajstić information content (AvgIpc) is 2.81. The van der Waals surface area contributed by atoms with Gasteiger partial charge in [0.2, 0.25) is 11.8 Å². The Morgan fingerprint density at radius 1 is 1.09 bits per heavy atom. The van der Waals surface area contributed by atoms with Gasteiger partial charge in [0.1, 0.15) is 12.2 Å². The fraction of sp³-hybridized carbons (Fsp3) is 0.517. The molecule has 0 fully saturated rings. The summed E-state index contributed by atoms with van der Waals surface area (Å²) in [4.78, 5) is 28.6. The molecule has 3 rings (SSSR count). The van der Waals surface area contributed by atoms with E-state index in [9.17, 15) is 9.59 Å². The van der Waals surface area contributed by atoms with Crippen molar-refractivity contribution in [1.82, 2.24) is 0 Å². The van der Waals surface area contributed by atoms with E-state index in [0.717, 1.165) is 65.9 Å². The van der Waals surface area contributed by atoms with Crippen LogP contribution in [0, 0.1) is 0 Å². The van der Waals surface area contributed by atoms with Crippen LogP contribution in [0.2, 0.25) is 0 Å². The third-order valence-electron chi connectivity index (χ3n) is 6.77. The first kappa shape index (κ1) is 25.8. The molecule has 1 atom stereocenters. The van der Waals surface area contributed by atoms with Crippen LogP contribution in [-0.2, 0) is 16.0 Å². The number of carbonyl (C=O) groups excluding carboxylic acids is 2. The molecule has 0 saturated heterocycles. The van der Waals surface area contributed by atoms with Gasteiger partial charge < -0.3 is 15.0 Å². The number of ether oxygens (including phenoxy) is 1. The van der Waals surface area contributed by atoms with Gasteiger partial charge in [-0.3, -0.25) is 9.59 Å². The van der Waals surface area contributed by atoms with E-state index in [1.807, 2.05) is 29.2 Å². The third kappa shape index (κ3) is 5.81. The van der Waals surface area contributed by atoms with E-state index in [2.05, 4.69) is 52.1 Å². The Kier molecular flexibility index (Phi) is 8.76. The van der Waals surface area contributed by atoms with Crippen molar-refractivity contribution in [3.8, 4) is 5.75 Å². The predicted octanol–water partition coefficient (Wildman–Crippen LogP) is 6.81. The molecular weight excluding hydrogens is 424 g/mol. The SMILES string of the molecule is CCCCC1CCc2cc(OC)ccc2N1C(=O)CC(=O)Nc1c(C(C)C)cccc1C(C)C. The average molecular weight is 465 g/mol. The second-order valence-electron chi connectivity index (χ2n) is 9.94. The minimum Gasteiger partial charge on any atom is -0.497 e. The van der Waals surface area contributed by atoms with Crippen LogP contribution in [0.25, 0.3) is 0 Å². The van der Waals surface area contributed by atoms with Crippen LogP contribution in [0.15, 0.2) is 36.4 Å². The Bertz CT molecular complexity index is 986. The maximum Gasteiger partial charge on any atom is 0.236 e. The molecule has 0 bridgehead atoms. The number of nitrogens with one attached hydrogen (secondary N) is 1. The van der Waals surface area contributed by atoms with Crippen molar-refractivity contribution in [2.24, 2.45) is 0 Å². The lowest BCUT2D eigenvalue weighted by molar-refractivity contribution is -0.125. The summed E-state index contributed by atoms with van der Waals surface area (Å²) in [5.41, 5.74) is 5.08. The fourth-order valence-corrected chi connectivity index (χ4v) is 4.92. The summed E-state index contributed by atoms with van der Waals surface area (Å²) in [5.74, 6) is 0.939. The zero-order valence-electron chi connectivity index (χ0n) is 21.6. The van der Waals surface area contributed by atoms with E-state index < -0.39 is 0 Å². The van der Waals surface area contributed by atoms with Crippen molar-refractivity contribution in [2.75, 3.05) is 17.3 Å². The minimum absolute atomic E-state index is 0.121. The topological polar surface area (TPSA) is 58.6 Å². The molecule has 2 aromatic carbocycles. The number of amides is 2. The highest BCUT2D eigenvalue weighted by Crippen LogP contribution is 2.36. The third-order valence-corrected chi connectivity index (χ3v) is 6.77. The number of rotatable bonds is 9. The molecule has 2 amide bonds. The number of para-hydroxylation sites is 1. The second-order valence-corrected chi connectivity index (χ2v) is 9.94. The molecule has 184 valence electrons. The van der Waals surface area contributed by atoms with Crippen LogP contribution in [0.4, 0.5) is 11.4 Å². The molecule has 1 aliphatic heterocycles. The Morgan fingerprint density at radius 3 is 2.35 bits per heavy atom. The van der Waals surface area contributed by atoms with Gasteiger partial charge in [0.25, 0.3) is 0 Å². The second kappa shape index (κ2) is 11.5. The van der Waals surface area contributed by atoms with Crippen LogP contribution < -0.4 is 15.0 Å². The van der Waals surface area contributed by atoms with Gasteiger partial charge in [-0.1, -0.05) is 65.7 Å². The van der Waals surface area contributed by atoms with Gasteiger partial charge in [-0.15, -0.1) is 0 Å². The summed E-state index contributed by atoms with van der Waals surface area (Å²) in [6, 6.07) is 12.2. The van der Waals surface area contributed by atoms with Gasteiger partial charge in [0, 0.05) is 17.4 Å². The molecule has 0 radical (unpaired) electrons. The maximum absolute atomic E-state index is 13.6. The highest BCUT2D eigenvalue weighted by atomic mass is 16.5. The van der Waals surface area contributed by atoms with Crippen molar-refractivity contribution in [3.63, 3.8) is 0 Å². The summed E-state index contributed by atoms with van der Waals surface area (Å²) < 4.78 is 5.39. The number of unbranched alkanes of at least 4 members (excludes halogenated alkanes) is 1. The van der Waals surface area contributed by atoms with E-state index >= 15 is 0 Å².